The first kappa shape index (κ1) is 30.1. The molecule has 1 aromatic carbocycles. The van der Waals surface area contributed by atoms with Gasteiger partial charge in [0.05, 0.1) is 42.3 Å². The van der Waals surface area contributed by atoms with E-state index in [1.165, 1.54) is 31.6 Å². The summed E-state index contributed by atoms with van der Waals surface area (Å²) in [6.45, 7) is 5.39. The molecule has 0 amide bonds. The normalized spacial score (nSPS) is 17.3. The molecular formula is C32H37N5O6. The molecule has 0 aliphatic carbocycles. The summed E-state index contributed by atoms with van der Waals surface area (Å²) < 4.78 is 17.5. The Bertz CT molecular complexity index is 1450. The number of amidine groups is 1. The van der Waals surface area contributed by atoms with Crippen LogP contribution in [0.1, 0.15) is 54.2 Å². The van der Waals surface area contributed by atoms with Gasteiger partial charge in [0.25, 0.3) is 5.69 Å². The highest BCUT2D eigenvalue weighted by Crippen LogP contribution is 2.35. The smallest absolute Gasteiger partial charge is 0.338 e. The van der Waals surface area contributed by atoms with Crippen molar-refractivity contribution in [2.75, 3.05) is 39.5 Å². The molecule has 1 N–H and O–H groups in total. The number of hydrogen-bond acceptors (Lipinski definition) is 10. The maximum absolute atomic E-state index is 13.7. The summed E-state index contributed by atoms with van der Waals surface area (Å²) in [6.07, 6.45) is 10.0. The number of aromatic nitrogens is 1. The summed E-state index contributed by atoms with van der Waals surface area (Å²) in [7, 11) is 0. The Hall–Kier alpha value is -4.35. The van der Waals surface area contributed by atoms with Crippen molar-refractivity contribution in [1.29, 1.82) is 0 Å². The van der Waals surface area contributed by atoms with Gasteiger partial charge in [0.1, 0.15) is 6.04 Å². The van der Waals surface area contributed by atoms with Crippen LogP contribution in [-0.2, 0) is 20.7 Å². The monoisotopic (exact) mass is 587 g/mol. The molecule has 11 heteroatoms. The Balaban J connectivity index is 1.41. The number of nitrogens with one attached hydrogen (secondary N) is 1. The van der Waals surface area contributed by atoms with Crippen LogP contribution in [-0.4, -0.2) is 66.1 Å². The molecule has 0 bridgehead atoms. The number of pyridine rings is 1. The second-order valence-corrected chi connectivity index (χ2v) is 10.7. The first-order valence-electron chi connectivity index (χ1n) is 14.7. The Labute approximate surface area is 250 Å². The number of nitrogens with zero attached hydrogens (tertiary/aromatic N) is 4. The van der Waals surface area contributed by atoms with E-state index in [4.69, 9.17) is 18.9 Å². The highest BCUT2D eigenvalue weighted by molar-refractivity contribution is 6.02. The molecule has 2 aliphatic rings. The van der Waals surface area contributed by atoms with Crippen LogP contribution in [0.4, 0.5) is 5.69 Å². The Kier molecular flexibility index (Phi) is 10.3. The molecule has 1 unspecified atom stereocenters. The molecule has 2 aliphatic heterocycles. The number of likely N-dealkylation sites (tertiary alicyclic amines) is 1. The summed E-state index contributed by atoms with van der Waals surface area (Å²) in [6, 6.07) is 11.4. The van der Waals surface area contributed by atoms with Crippen molar-refractivity contribution in [2.45, 2.75) is 45.1 Å². The Morgan fingerprint density at radius 1 is 1.16 bits per heavy atom. The van der Waals surface area contributed by atoms with Crippen molar-refractivity contribution < 1.29 is 23.6 Å². The van der Waals surface area contributed by atoms with E-state index >= 15 is 0 Å². The first-order valence-corrected chi connectivity index (χ1v) is 14.7. The maximum atomic E-state index is 13.7. The highest BCUT2D eigenvalue weighted by atomic mass is 16.6. The standard InChI is InChI=1S/C32H37N5O6/c1-23-11-12-25(20-27(23)37(39)40)30-29(32(38)43-18-6-9-24-8-5-13-33-21-24)26(34-31(35-30)28-10-7-17-42-28)22-41-19-16-36-14-3-2-4-15-36/h5,7-8,10-13,17,20-21,30H,2-4,6,9,14-16,18-19,22H2,1H3,(H,34,35). The predicted molar refractivity (Wildman–Crippen MR) is 161 cm³/mol. The number of rotatable bonds is 13. The van der Waals surface area contributed by atoms with Crippen LogP contribution in [0.25, 0.3) is 0 Å². The molecule has 1 saturated heterocycles. The predicted octanol–water partition coefficient (Wildman–Crippen LogP) is 4.91. The fraction of sp³-hybridized carbons (Fsp3) is 0.406. The minimum atomic E-state index is -0.868. The zero-order valence-electron chi connectivity index (χ0n) is 24.4. The summed E-state index contributed by atoms with van der Waals surface area (Å²) in [5.74, 6) is 0.325. The maximum Gasteiger partial charge on any atom is 0.338 e. The molecule has 4 heterocycles. The van der Waals surface area contributed by atoms with Gasteiger partial charge in [-0.1, -0.05) is 24.6 Å². The molecule has 43 heavy (non-hydrogen) atoms. The number of hydrogen-bond donors (Lipinski definition) is 1. The average Bonchev–Trinajstić information content (AvgIpc) is 3.57. The van der Waals surface area contributed by atoms with Gasteiger partial charge < -0.3 is 24.1 Å². The lowest BCUT2D eigenvalue weighted by atomic mass is 9.94. The SMILES string of the molecule is Cc1ccc(C2N=C(c3ccco3)NC(COCCN3CCCCC3)=C2C(=O)OCCCc2cccnc2)cc1[N+](=O)[O-]. The fourth-order valence-corrected chi connectivity index (χ4v) is 5.34. The quantitative estimate of drug-likeness (QED) is 0.128. The third-order valence-electron chi connectivity index (χ3n) is 7.66. The van der Waals surface area contributed by atoms with Crippen LogP contribution >= 0.6 is 0 Å². The van der Waals surface area contributed by atoms with Gasteiger partial charge in [0.15, 0.2) is 11.6 Å². The number of piperidine rings is 1. The van der Waals surface area contributed by atoms with Gasteiger partial charge in [-0.15, -0.1) is 0 Å². The van der Waals surface area contributed by atoms with Crippen molar-refractivity contribution in [3.63, 3.8) is 0 Å². The topological polar surface area (TPSA) is 132 Å². The molecule has 1 fully saturated rings. The van der Waals surface area contributed by atoms with E-state index < -0.39 is 16.9 Å². The lowest BCUT2D eigenvalue weighted by Crippen LogP contribution is -2.36. The van der Waals surface area contributed by atoms with Gasteiger partial charge in [0, 0.05) is 30.6 Å². The van der Waals surface area contributed by atoms with Crippen LogP contribution < -0.4 is 5.32 Å². The van der Waals surface area contributed by atoms with Gasteiger partial charge in [-0.25, -0.2) is 4.79 Å². The third-order valence-corrected chi connectivity index (χ3v) is 7.66. The number of ether oxygens (including phenoxy) is 2. The number of aryl methyl sites for hydroxylation is 2. The number of furan rings is 1. The van der Waals surface area contributed by atoms with E-state index in [1.54, 1.807) is 43.6 Å². The van der Waals surface area contributed by atoms with Crippen molar-refractivity contribution >= 4 is 17.5 Å². The Morgan fingerprint density at radius 2 is 2.02 bits per heavy atom. The van der Waals surface area contributed by atoms with Crippen molar-refractivity contribution in [2.24, 2.45) is 4.99 Å². The number of esters is 1. The third kappa shape index (κ3) is 7.94. The molecule has 0 spiro atoms. The van der Waals surface area contributed by atoms with Gasteiger partial charge in [0.2, 0.25) is 0 Å². The minimum Gasteiger partial charge on any atom is -0.462 e. The molecule has 5 rings (SSSR count). The molecule has 11 nitrogen and oxygen atoms in total. The molecule has 226 valence electrons. The fourth-order valence-electron chi connectivity index (χ4n) is 5.34. The minimum absolute atomic E-state index is 0.0469. The van der Waals surface area contributed by atoms with Crippen molar-refractivity contribution in [3.8, 4) is 0 Å². The van der Waals surface area contributed by atoms with Gasteiger partial charge >= 0.3 is 5.97 Å². The number of nitro benzene ring substituents is 1. The number of nitro groups is 1. The molecule has 1 atom stereocenters. The van der Waals surface area contributed by atoms with E-state index in [1.807, 2.05) is 12.1 Å². The van der Waals surface area contributed by atoms with Crippen LogP contribution in [0.5, 0.6) is 0 Å². The van der Waals surface area contributed by atoms with Crippen LogP contribution in [0.15, 0.2) is 81.8 Å². The van der Waals surface area contributed by atoms with E-state index in [0.717, 1.165) is 25.2 Å². The lowest BCUT2D eigenvalue weighted by molar-refractivity contribution is -0.385. The van der Waals surface area contributed by atoms with Crippen LogP contribution in [0.3, 0.4) is 0 Å². The van der Waals surface area contributed by atoms with E-state index in [9.17, 15) is 14.9 Å². The lowest BCUT2D eigenvalue weighted by Gasteiger charge is -2.28. The van der Waals surface area contributed by atoms with Crippen molar-refractivity contribution in [3.05, 3.63) is 105 Å². The zero-order valence-corrected chi connectivity index (χ0v) is 24.4. The molecule has 2 aromatic heterocycles. The average molecular weight is 588 g/mol. The highest BCUT2D eigenvalue weighted by Gasteiger charge is 2.34. The van der Waals surface area contributed by atoms with Gasteiger partial charge in [-0.3, -0.25) is 20.1 Å². The van der Waals surface area contributed by atoms with E-state index in [-0.39, 0.29) is 24.5 Å². The number of aliphatic imine (C=N–C) groups is 1. The number of benzene rings is 1. The van der Waals surface area contributed by atoms with Gasteiger partial charge in [-0.05, 0) is 75.0 Å². The first-order chi connectivity index (χ1) is 21.0. The zero-order chi connectivity index (χ0) is 30.0. The summed E-state index contributed by atoms with van der Waals surface area (Å²) in [4.78, 5) is 36.4. The number of carbonyl (C=O) groups excluding carboxylic acids is 1. The van der Waals surface area contributed by atoms with E-state index in [2.05, 4.69) is 15.2 Å². The van der Waals surface area contributed by atoms with Crippen LogP contribution in [0.2, 0.25) is 0 Å². The second-order valence-electron chi connectivity index (χ2n) is 10.7. The molecule has 0 saturated carbocycles. The van der Waals surface area contributed by atoms with E-state index in [0.29, 0.717) is 47.9 Å². The Morgan fingerprint density at radius 3 is 2.77 bits per heavy atom. The molecule has 0 radical (unpaired) electrons. The largest absolute Gasteiger partial charge is 0.462 e. The second kappa shape index (κ2) is 14.7. The summed E-state index contributed by atoms with van der Waals surface area (Å²) in [5.41, 5.74) is 2.77. The number of carbonyl (C=O) groups is 1. The molecule has 3 aromatic rings. The van der Waals surface area contributed by atoms with Crippen LogP contribution in [0, 0.1) is 17.0 Å². The summed E-state index contributed by atoms with van der Waals surface area (Å²) in [5, 5.41) is 15.0. The summed E-state index contributed by atoms with van der Waals surface area (Å²) >= 11 is 0. The van der Waals surface area contributed by atoms with Crippen molar-refractivity contribution in [1.82, 2.24) is 15.2 Å². The van der Waals surface area contributed by atoms with Gasteiger partial charge in [-0.2, -0.15) is 0 Å². The molecular weight excluding hydrogens is 550 g/mol.